The van der Waals surface area contributed by atoms with Crippen molar-refractivity contribution in [1.29, 1.82) is 0 Å². The lowest BCUT2D eigenvalue weighted by molar-refractivity contribution is 0.282. The Morgan fingerprint density at radius 3 is 2.44 bits per heavy atom. The van der Waals surface area contributed by atoms with Crippen molar-refractivity contribution in [2.24, 2.45) is 0 Å². The normalized spacial score (nSPS) is 14.7. The lowest BCUT2D eigenvalue weighted by Crippen LogP contribution is -1.79. The molecule has 0 aliphatic carbocycles. The lowest BCUT2D eigenvalue weighted by atomic mass is 10.2. The lowest BCUT2D eigenvalue weighted by Gasteiger charge is -1.92. The minimum absolute atomic E-state index is 0.614. The fourth-order valence-electron chi connectivity index (χ4n) is 0.549. The maximum Gasteiger partial charge on any atom is 0.0681 e. The molecule has 0 amide bonds. The van der Waals surface area contributed by atoms with Gasteiger partial charge in [0.05, 0.1) is 7.95 Å². The zero-order valence-electron chi connectivity index (χ0n) is 5.71. The van der Waals surface area contributed by atoms with Crippen LogP contribution in [0.25, 0.3) is 0 Å². The van der Waals surface area contributed by atoms with Crippen molar-refractivity contribution in [2.75, 3.05) is 0 Å². The third-order valence-electron chi connectivity index (χ3n) is 1.02. The minimum Gasteiger partial charge on any atom is -0.392 e. The average molecular weight is 188 g/mol. The molecule has 0 aliphatic heterocycles. The van der Waals surface area contributed by atoms with Gasteiger partial charge in [0.15, 0.2) is 0 Å². The third-order valence-corrected chi connectivity index (χ3v) is 1.55. The second-order valence-corrected chi connectivity index (χ2v) is 2.60. The molecule has 0 bridgehead atoms. The second-order valence-electron chi connectivity index (χ2n) is 1.68. The summed E-state index contributed by atoms with van der Waals surface area (Å²) in [7, 11) is 0. The van der Waals surface area contributed by atoms with Gasteiger partial charge in [-0.15, -0.1) is 0 Å². The van der Waals surface area contributed by atoms with Gasteiger partial charge in [0.25, 0.3) is 0 Å². The van der Waals surface area contributed by atoms with Crippen LogP contribution in [-0.4, -0.2) is 5.11 Å². The zero-order valence-corrected chi connectivity index (χ0v) is 6.30. The van der Waals surface area contributed by atoms with Crippen LogP contribution in [0.4, 0.5) is 0 Å². The van der Waals surface area contributed by atoms with Crippen molar-refractivity contribution < 1.29 is 6.48 Å². The quantitative estimate of drug-likeness (QED) is 0.713. The van der Waals surface area contributed by atoms with Crippen molar-refractivity contribution in [3.63, 3.8) is 0 Å². The molecular weight excluding hydrogens is 180 g/mol. The molecule has 0 aromatic heterocycles. The second kappa shape index (κ2) is 2.99. The Morgan fingerprint density at radius 2 is 2.00 bits per heavy atom. The van der Waals surface area contributed by atoms with E-state index in [4.69, 9.17) is 6.48 Å². The number of rotatable bonds is 1. The molecule has 1 atom stereocenters. The Morgan fingerprint density at radius 1 is 1.44 bits per heavy atom. The van der Waals surface area contributed by atoms with Crippen LogP contribution in [0.1, 0.15) is 6.93 Å². The highest BCUT2D eigenvalue weighted by Crippen LogP contribution is 2.09. The van der Waals surface area contributed by atoms with Crippen molar-refractivity contribution in [3.8, 4) is 0 Å². The molecule has 2 heteroatoms. The molecule has 0 saturated carbocycles. The van der Waals surface area contributed by atoms with Gasteiger partial charge in [-0.2, -0.15) is 0 Å². The maximum atomic E-state index is 8.77. The SMILES string of the molecule is [2H][C@@H](O)c1ccc(Br)cc1. The van der Waals surface area contributed by atoms with E-state index in [-0.39, 0.29) is 0 Å². The van der Waals surface area contributed by atoms with E-state index in [1.54, 1.807) is 24.3 Å². The summed E-state index contributed by atoms with van der Waals surface area (Å²) in [5.74, 6) is 0. The fraction of sp³-hybridized carbons (Fsp3) is 0.143. The number of hydrogen-bond donors (Lipinski definition) is 1. The molecule has 1 nitrogen and oxygen atoms in total. The first-order valence-electron chi connectivity index (χ1n) is 3.13. The van der Waals surface area contributed by atoms with Gasteiger partial charge in [-0.05, 0) is 17.7 Å². The van der Waals surface area contributed by atoms with Crippen LogP contribution in [0.5, 0.6) is 0 Å². The highest BCUT2D eigenvalue weighted by atomic mass is 79.9. The first-order valence-corrected chi connectivity index (χ1v) is 3.35. The van der Waals surface area contributed by atoms with Gasteiger partial charge >= 0.3 is 0 Å². The Labute approximate surface area is 63.9 Å². The molecule has 1 aromatic carbocycles. The van der Waals surface area contributed by atoms with Gasteiger partial charge < -0.3 is 5.11 Å². The molecule has 0 spiro atoms. The molecule has 1 aromatic rings. The predicted molar refractivity (Wildman–Crippen MR) is 40.1 cm³/mol. The summed E-state index contributed by atoms with van der Waals surface area (Å²) in [6.07, 6.45) is 0. The van der Waals surface area contributed by atoms with Crippen LogP contribution in [0.3, 0.4) is 0 Å². The topological polar surface area (TPSA) is 20.2 Å². The number of aliphatic hydroxyl groups is 1. The van der Waals surface area contributed by atoms with Crippen LogP contribution >= 0.6 is 15.9 Å². The van der Waals surface area contributed by atoms with Gasteiger partial charge in [-0.1, -0.05) is 28.1 Å². The van der Waals surface area contributed by atoms with Crippen LogP contribution < -0.4 is 0 Å². The van der Waals surface area contributed by atoms with Crippen LogP contribution in [0, 0.1) is 0 Å². The van der Waals surface area contributed by atoms with E-state index in [0.717, 1.165) is 4.47 Å². The Hall–Kier alpha value is -0.340. The Kier molecular flexibility index (Phi) is 1.81. The molecule has 0 heterocycles. The molecule has 0 aliphatic rings. The molecule has 1 rings (SSSR count). The fourth-order valence-corrected chi connectivity index (χ4v) is 0.813. The number of halogens is 1. The van der Waals surface area contributed by atoms with E-state index in [0.29, 0.717) is 5.56 Å². The number of benzene rings is 1. The average Bonchev–Trinajstić information content (AvgIpc) is 1.88. The Balaban J connectivity index is 2.89. The Bertz CT molecular complexity index is 207. The minimum atomic E-state index is -1.12. The summed E-state index contributed by atoms with van der Waals surface area (Å²) in [4.78, 5) is 0. The first-order chi connectivity index (χ1) is 4.70. The van der Waals surface area contributed by atoms with Crippen molar-refractivity contribution >= 4 is 15.9 Å². The van der Waals surface area contributed by atoms with E-state index >= 15 is 0 Å². The third kappa shape index (κ3) is 1.80. The number of aliphatic hydroxyl groups excluding tert-OH is 1. The molecule has 48 valence electrons. The van der Waals surface area contributed by atoms with E-state index in [9.17, 15) is 0 Å². The molecule has 0 radical (unpaired) electrons. The van der Waals surface area contributed by atoms with Crippen LogP contribution in [0.2, 0.25) is 0 Å². The van der Waals surface area contributed by atoms with Gasteiger partial charge in [0.1, 0.15) is 0 Å². The van der Waals surface area contributed by atoms with Crippen LogP contribution in [-0.2, 0) is 6.58 Å². The summed E-state index contributed by atoms with van der Waals surface area (Å²) in [5, 5.41) is 8.77. The zero-order chi connectivity index (χ0) is 7.56. The van der Waals surface area contributed by atoms with Gasteiger partial charge in [0.2, 0.25) is 0 Å². The molecule has 0 unspecified atom stereocenters. The van der Waals surface area contributed by atoms with Crippen molar-refractivity contribution in [3.05, 3.63) is 34.3 Å². The molecular formula is C7H7BrO. The van der Waals surface area contributed by atoms with Gasteiger partial charge in [0, 0.05) is 4.47 Å². The van der Waals surface area contributed by atoms with Gasteiger partial charge in [-0.25, -0.2) is 0 Å². The van der Waals surface area contributed by atoms with E-state index < -0.39 is 6.58 Å². The summed E-state index contributed by atoms with van der Waals surface area (Å²) in [6.45, 7) is -1.12. The van der Waals surface area contributed by atoms with Gasteiger partial charge in [-0.3, -0.25) is 0 Å². The molecule has 1 N–H and O–H groups in total. The van der Waals surface area contributed by atoms with E-state index in [1.807, 2.05) is 0 Å². The summed E-state index contributed by atoms with van der Waals surface area (Å²) in [5.41, 5.74) is 0.614. The monoisotopic (exact) mass is 187 g/mol. The standard InChI is InChI=1S/C7H7BrO/c8-7-3-1-6(5-9)2-4-7/h1-4,9H,5H2/i5D/t5-/m1/s1. The summed E-state index contributed by atoms with van der Waals surface area (Å²) in [6, 6.07) is 7.02. The van der Waals surface area contributed by atoms with Crippen molar-refractivity contribution in [2.45, 2.75) is 6.58 Å². The van der Waals surface area contributed by atoms with Crippen LogP contribution in [0.15, 0.2) is 28.7 Å². The largest absolute Gasteiger partial charge is 0.392 e. The smallest absolute Gasteiger partial charge is 0.0681 e. The highest BCUT2D eigenvalue weighted by Gasteiger charge is 1.86. The van der Waals surface area contributed by atoms with Crippen molar-refractivity contribution in [1.82, 2.24) is 0 Å². The first kappa shape index (κ1) is 5.45. The summed E-state index contributed by atoms with van der Waals surface area (Å²) >= 11 is 3.25. The maximum absolute atomic E-state index is 8.77. The van der Waals surface area contributed by atoms with E-state index in [1.165, 1.54) is 0 Å². The molecule has 0 fully saturated rings. The number of hydrogen-bond acceptors (Lipinski definition) is 1. The summed E-state index contributed by atoms with van der Waals surface area (Å²) < 4.78 is 7.88. The predicted octanol–water partition coefficient (Wildman–Crippen LogP) is 1.94. The van der Waals surface area contributed by atoms with E-state index in [2.05, 4.69) is 15.9 Å². The highest BCUT2D eigenvalue weighted by molar-refractivity contribution is 9.10. The molecule has 9 heavy (non-hydrogen) atoms. The molecule has 0 saturated heterocycles.